The first kappa shape index (κ1) is 10.1. The van der Waals surface area contributed by atoms with E-state index in [1.807, 2.05) is 6.20 Å². The predicted molar refractivity (Wildman–Crippen MR) is 59.2 cm³/mol. The fourth-order valence-electron chi connectivity index (χ4n) is 1.96. The SMILES string of the molecule is CN1CCC[C@@H](c2cncc(Br)n2)C1. The third-order valence-corrected chi connectivity index (χ3v) is 3.05. The molecule has 0 unspecified atom stereocenters. The van der Waals surface area contributed by atoms with Crippen LogP contribution < -0.4 is 0 Å². The Morgan fingerprint density at radius 1 is 1.50 bits per heavy atom. The van der Waals surface area contributed by atoms with Crippen molar-refractivity contribution in [3.63, 3.8) is 0 Å². The van der Waals surface area contributed by atoms with Crippen molar-refractivity contribution in [1.82, 2.24) is 14.9 Å². The van der Waals surface area contributed by atoms with Crippen molar-refractivity contribution in [3.05, 3.63) is 22.7 Å². The van der Waals surface area contributed by atoms with Crippen LogP contribution in [-0.2, 0) is 0 Å². The maximum absolute atomic E-state index is 4.46. The highest BCUT2D eigenvalue weighted by atomic mass is 79.9. The van der Waals surface area contributed by atoms with E-state index in [4.69, 9.17) is 0 Å². The number of aromatic nitrogens is 2. The Morgan fingerprint density at radius 2 is 2.36 bits per heavy atom. The molecule has 3 nitrogen and oxygen atoms in total. The van der Waals surface area contributed by atoms with Crippen molar-refractivity contribution in [2.75, 3.05) is 20.1 Å². The predicted octanol–water partition coefficient (Wildman–Crippen LogP) is 2.05. The van der Waals surface area contributed by atoms with Gasteiger partial charge in [0.25, 0.3) is 0 Å². The normalized spacial score (nSPS) is 23.7. The Kier molecular flexibility index (Phi) is 3.13. The number of likely N-dealkylation sites (N-methyl/N-ethyl adjacent to an activating group) is 1. The molecular formula is C10H14BrN3. The highest BCUT2D eigenvalue weighted by Crippen LogP contribution is 2.24. The summed E-state index contributed by atoms with van der Waals surface area (Å²) in [6, 6.07) is 0. The summed E-state index contributed by atoms with van der Waals surface area (Å²) < 4.78 is 0.836. The molecule has 0 spiro atoms. The van der Waals surface area contributed by atoms with Crippen molar-refractivity contribution >= 4 is 15.9 Å². The number of likely N-dealkylation sites (tertiary alicyclic amines) is 1. The summed E-state index contributed by atoms with van der Waals surface area (Å²) in [6.45, 7) is 2.31. The molecule has 1 saturated heterocycles. The fourth-order valence-corrected chi connectivity index (χ4v) is 2.28. The maximum Gasteiger partial charge on any atom is 0.124 e. The van der Waals surface area contributed by atoms with Gasteiger partial charge in [-0.2, -0.15) is 0 Å². The molecule has 2 rings (SSSR count). The largest absolute Gasteiger partial charge is 0.306 e. The summed E-state index contributed by atoms with van der Waals surface area (Å²) in [7, 11) is 2.16. The van der Waals surface area contributed by atoms with Crippen molar-refractivity contribution in [2.24, 2.45) is 0 Å². The number of rotatable bonds is 1. The Bertz CT molecular complexity index is 316. The minimum atomic E-state index is 0.554. The molecule has 14 heavy (non-hydrogen) atoms. The van der Waals surface area contributed by atoms with E-state index < -0.39 is 0 Å². The summed E-state index contributed by atoms with van der Waals surface area (Å²) in [5, 5.41) is 0. The summed E-state index contributed by atoms with van der Waals surface area (Å²) in [4.78, 5) is 11.0. The van der Waals surface area contributed by atoms with Gasteiger partial charge < -0.3 is 4.90 Å². The monoisotopic (exact) mass is 255 g/mol. The zero-order valence-electron chi connectivity index (χ0n) is 8.28. The second-order valence-corrected chi connectivity index (χ2v) is 4.68. The molecule has 4 heteroatoms. The van der Waals surface area contributed by atoms with Gasteiger partial charge in [-0.3, -0.25) is 4.98 Å². The van der Waals surface area contributed by atoms with Gasteiger partial charge in [-0.05, 0) is 42.4 Å². The van der Waals surface area contributed by atoms with E-state index in [1.54, 1.807) is 6.20 Å². The first-order chi connectivity index (χ1) is 6.75. The fraction of sp³-hybridized carbons (Fsp3) is 0.600. The molecule has 0 aliphatic carbocycles. The zero-order chi connectivity index (χ0) is 9.97. The first-order valence-corrected chi connectivity index (χ1v) is 5.71. The maximum atomic E-state index is 4.46. The van der Waals surface area contributed by atoms with Crippen LogP contribution in [-0.4, -0.2) is 35.0 Å². The van der Waals surface area contributed by atoms with Crippen molar-refractivity contribution in [3.8, 4) is 0 Å². The minimum absolute atomic E-state index is 0.554. The Hall–Kier alpha value is -0.480. The number of halogens is 1. The number of piperidine rings is 1. The molecule has 0 N–H and O–H groups in total. The zero-order valence-corrected chi connectivity index (χ0v) is 9.87. The van der Waals surface area contributed by atoms with Crippen molar-refractivity contribution < 1.29 is 0 Å². The van der Waals surface area contributed by atoms with Gasteiger partial charge in [-0.25, -0.2) is 4.98 Å². The summed E-state index contributed by atoms with van der Waals surface area (Å²) >= 11 is 3.36. The molecule has 0 amide bonds. The summed E-state index contributed by atoms with van der Waals surface area (Å²) in [5.74, 6) is 0.554. The topological polar surface area (TPSA) is 29.0 Å². The Balaban J connectivity index is 2.14. The molecule has 1 aliphatic rings. The molecule has 76 valence electrons. The molecule has 0 saturated carbocycles. The molecule has 0 aromatic carbocycles. The quantitative estimate of drug-likeness (QED) is 0.770. The van der Waals surface area contributed by atoms with Gasteiger partial charge in [0.05, 0.1) is 11.9 Å². The molecule has 0 radical (unpaired) electrons. The Labute approximate surface area is 92.7 Å². The second-order valence-electron chi connectivity index (χ2n) is 3.87. The van der Waals surface area contributed by atoms with Gasteiger partial charge in [0.1, 0.15) is 4.60 Å². The molecule has 1 atom stereocenters. The van der Waals surface area contributed by atoms with Crippen LogP contribution in [0.4, 0.5) is 0 Å². The van der Waals surface area contributed by atoms with Gasteiger partial charge >= 0.3 is 0 Å². The van der Waals surface area contributed by atoms with Gasteiger partial charge in [-0.15, -0.1) is 0 Å². The first-order valence-electron chi connectivity index (χ1n) is 4.91. The minimum Gasteiger partial charge on any atom is -0.306 e. The van der Waals surface area contributed by atoms with Crippen LogP contribution in [0.3, 0.4) is 0 Å². The summed E-state index contributed by atoms with van der Waals surface area (Å²) in [5.41, 5.74) is 1.12. The van der Waals surface area contributed by atoms with E-state index in [1.165, 1.54) is 19.4 Å². The third kappa shape index (κ3) is 2.30. The van der Waals surface area contributed by atoms with E-state index in [0.717, 1.165) is 16.8 Å². The summed E-state index contributed by atoms with van der Waals surface area (Å²) in [6.07, 6.45) is 6.11. The lowest BCUT2D eigenvalue weighted by Crippen LogP contribution is -2.31. The van der Waals surface area contributed by atoms with Crippen LogP contribution >= 0.6 is 15.9 Å². The lowest BCUT2D eigenvalue weighted by Gasteiger charge is -2.29. The molecular weight excluding hydrogens is 242 g/mol. The van der Waals surface area contributed by atoms with Crippen LogP contribution in [0.5, 0.6) is 0 Å². The van der Waals surface area contributed by atoms with Gasteiger partial charge in [-0.1, -0.05) is 0 Å². The molecule has 1 aliphatic heterocycles. The number of nitrogens with zero attached hydrogens (tertiary/aromatic N) is 3. The average molecular weight is 256 g/mol. The molecule has 0 bridgehead atoms. The lowest BCUT2D eigenvalue weighted by molar-refractivity contribution is 0.248. The van der Waals surface area contributed by atoms with Gasteiger partial charge in [0, 0.05) is 18.7 Å². The molecule has 1 aromatic heterocycles. The van der Waals surface area contributed by atoms with Crippen LogP contribution in [0.25, 0.3) is 0 Å². The third-order valence-electron chi connectivity index (χ3n) is 2.67. The lowest BCUT2D eigenvalue weighted by atomic mass is 9.95. The van der Waals surface area contributed by atoms with Gasteiger partial charge in [0.15, 0.2) is 0 Å². The molecule has 1 fully saturated rings. The highest BCUT2D eigenvalue weighted by Gasteiger charge is 2.20. The molecule has 2 heterocycles. The Morgan fingerprint density at radius 3 is 3.07 bits per heavy atom. The smallest absolute Gasteiger partial charge is 0.124 e. The van der Waals surface area contributed by atoms with Gasteiger partial charge in [0.2, 0.25) is 0 Å². The average Bonchev–Trinajstić information content (AvgIpc) is 2.18. The standard InChI is InChI=1S/C10H14BrN3/c1-14-4-2-3-8(7-14)9-5-12-6-10(11)13-9/h5-6,8H,2-4,7H2,1H3/t8-/m1/s1. The van der Waals surface area contributed by atoms with Crippen LogP contribution in [0.15, 0.2) is 17.0 Å². The van der Waals surface area contributed by atoms with E-state index in [9.17, 15) is 0 Å². The number of hydrogen-bond acceptors (Lipinski definition) is 3. The van der Waals surface area contributed by atoms with Crippen LogP contribution in [0, 0.1) is 0 Å². The second kappa shape index (κ2) is 4.36. The van der Waals surface area contributed by atoms with Crippen LogP contribution in [0.1, 0.15) is 24.5 Å². The molecule has 1 aromatic rings. The number of hydrogen-bond donors (Lipinski definition) is 0. The van der Waals surface area contributed by atoms with E-state index in [-0.39, 0.29) is 0 Å². The van der Waals surface area contributed by atoms with Crippen LogP contribution in [0.2, 0.25) is 0 Å². The van der Waals surface area contributed by atoms with Crippen molar-refractivity contribution in [2.45, 2.75) is 18.8 Å². The van der Waals surface area contributed by atoms with Crippen molar-refractivity contribution in [1.29, 1.82) is 0 Å². The highest BCUT2D eigenvalue weighted by molar-refractivity contribution is 9.10. The van der Waals surface area contributed by atoms with E-state index in [2.05, 4.69) is 37.8 Å². The van der Waals surface area contributed by atoms with E-state index >= 15 is 0 Å². The van der Waals surface area contributed by atoms with E-state index in [0.29, 0.717) is 5.92 Å².